The average Bonchev–Trinajstić information content (AvgIpc) is 2.85. The van der Waals surface area contributed by atoms with E-state index in [0.29, 0.717) is 5.92 Å². The standard InChI is InChI=1S/C16H20N4OS/c1-11-18-19-16(20(11)9-15(17)21)22-10-12-6-7-13-4-2-3-5-14(13)8-12/h2-5,12H,6-10H2,1H3,(H2,17,21). The molecule has 0 saturated carbocycles. The lowest BCUT2D eigenvalue weighted by molar-refractivity contribution is -0.118. The van der Waals surface area contributed by atoms with Crippen molar-refractivity contribution in [3.05, 3.63) is 41.2 Å². The van der Waals surface area contributed by atoms with Crippen LogP contribution >= 0.6 is 11.8 Å². The first-order chi connectivity index (χ1) is 10.6. The molecule has 0 spiro atoms. The Bertz CT molecular complexity index is 683. The molecule has 0 aliphatic heterocycles. The molecule has 6 heteroatoms. The number of hydrogen-bond acceptors (Lipinski definition) is 4. The average molecular weight is 316 g/mol. The van der Waals surface area contributed by atoms with Gasteiger partial charge in [-0.15, -0.1) is 10.2 Å². The molecule has 1 aromatic heterocycles. The van der Waals surface area contributed by atoms with Gasteiger partial charge >= 0.3 is 0 Å². The first-order valence-corrected chi connectivity index (χ1v) is 8.49. The summed E-state index contributed by atoms with van der Waals surface area (Å²) in [5.41, 5.74) is 8.24. The number of thioether (sulfide) groups is 1. The van der Waals surface area contributed by atoms with Crippen LogP contribution in [0.3, 0.4) is 0 Å². The van der Waals surface area contributed by atoms with Crippen LogP contribution in [0.1, 0.15) is 23.4 Å². The number of carbonyl (C=O) groups excluding carboxylic acids is 1. The van der Waals surface area contributed by atoms with Gasteiger partial charge in [0.05, 0.1) is 0 Å². The van der Waals surface area contributed by atoms with Gasteiger partial charge in [-0.1, -0.05) is 36.0 Å². The Morgan fingerprint density at radius 1 is 1.36 bits per heavy atom. The van der Waals surface area contributed by atoms with Crippen molar-refractivity contribution in [3.8, 4) is 0 Å². The molecule has 5 nitrogen and oxygen atoms in total. The molecule has 0 bridgehead atoms. The largest absolute Gasteiger partial charge is 0.368 e. The third-order valence-corrected chi connectivity index (χ3v) is 5.31. The number of fused-ring (bicyclic) bond motifs is 1. The fraction of sp³-hybridized carbons (Fsp3) is 0.438. The smallest absolute Gasteiger partial charge is 0.237 e. The van der Waals surface area contributed by atoms with E-state index in [-0.39, 0.29) is 12.5 Å². The third-order valence-electron chi connectivity index (χ3n) is 4.11. The van der Waals surface area contributed by atoms with Crippen LogP contribution in [0.15, 0.2) is 29.4 Å². The lowest BCUT2D eigenvalue weighted by atomic mass is 9.85. The van der Waals surface area contributed by atoms with Gasteiger partial charge in [0.25, 0.3) is 0 Å². The number of carbonyl (C=O) groups is 1. The maximum atomic E-state index is 11.2. The molecule has 1 heterocycles. The minimum Gasteiger partial charge on any atom is -0.368 e. The Morgan fingerprint density at radius 3 is 2.91 bits per heavy atom. The number of rotatable bonds is 5. The second-order valence-electron chi connectivity index (χ2n) is 5.77. The molecular formula is C16H20N4OS. The van der Waals surface area contributed by atoms with Crippen molar-refractivity contribution in [2.75, 3.05) is 5.75 Å². The topological polar surface area (TPSA) is 73.8 Å². The van der Waals surface area contributed by atoms with E-state index in [2.05, 4.69) is 34.5 Å². The van der Waals surface area contributed by atoms with Crippen LogP contribution in [-0.4, -0.2) is 26.4 Å². The SMILES string of the molecule is Cc1nnc(SCC2CCc3ccccc3C2)n1CC(N)=O. The zero-order valence-corrected chi connectivity index (χ0v) is 13.5. The molecule has 2 N–H and O–H groups in total. The summed E-state index contributed by atoms with van der Waals surface area (Å²) < 4.78 is 1.80. The highest BCUT2D eigenvalue weighted by atomic mass is 32.2. The van der Waals surface area contributed by atoms with E-state index in [0.717, 1.165) is 29.6 Å². The summed E-state index contributed by atoms with van der Waals surface area (Å²) >= 11 is 1.67. The Hall–Kier alpha value is -1.82. The van der Waals surface area contributed by atoms with Crippen molar-refractivity contribution in [1.29, 1.82) is 0 Å². The highest BCUT2D eigenvalue weighted by Crippen LogP contribution is 2.29. The summed E-state index contributed by atoms with van der Waals surface area (Å²) in [6, 6.07) is 8.68. The number of aryl methyl sites for hydroxylation is 2. The normalized spacial score (nSPS) is 17.2. The fourth-order valence-electron chi connectivity index (χ4n) is 2.91. The molecule has 1 atom stereocenters. The summed E-state index contributed by atoms with van der Waals surface area (Å²) in [6.45, 7) is 1.99. The number of nitrogens with zero attached hydrogens (tertiary/aromatic N) is 3. The minimum atomic E-state index is -0.364. The van der Waals surface area contributed by atoms with Crippen LogP contribution in [-0.2, 0) is 24.2 Å². The van der Waals surface area contributed by atoms with Crippen LogP contribution in [0, 0.1) is 12.8 Å². The van der Waals surface area contributed by atoms with Gasteiger partial charge in [0.15, 0.2) is 5.16 Å². The molecule has 22 heavy (non-hydrogen) atoms. The first kappa shape index (κ1) is 15.1. The highest BCUT2D eigenvalue weighted by molar-refractivity contribution is 7.99. The van der Waals surface area contributed by atoms with Crippen LogP contribution in [0.2, 0.25) is 0 Å². The van der Waals surface area contributed by atoms with E-state index in [1.165, 1.54) is 17.5 Å². The third kappa shape index (κ3) is 3.32. The molecule has 1 unspecified atom stereocenters. The van der Waals surface area contributed by atoms with Crippen LogP contribution < -0.4 is 5.73 Å². The summed E-state index contributed by atoms with van der Waals surface area (Å²) in [6.07, 6.45) is 3.47. The number of primary amides is 1. The lowest BCUT2D eigenvalue weighted by Gasteiger charge is -2.24. The maximum Gasteiger partial charge on any atom is 0.237 e. The predicted octanol–water partition coefficient (Wildman–Crippen LogP) is 1.97. The number of hydrogen-bond donors (Lipinski definition) is 1. The van der Waals surface area contributed by atoms with Crippen molar-refractivity contribution in [2.45, 2.75) is 37.9 Å². The van der Waals surface area contributed by atoms with Crippen molar-refractivity contribution in [3.63, 3.8) is 0 Å². The number of amides is 1. The number of nitrogens with two attached hydrogens (primary N) is 1. The number of benzene rings is 1. The molecule has 0 saturated heterocycles. The van der Waals surface area contributed by atoms with Crippen LogP contribution in [0.4, 0.5) is 0 Å². The van der Waals surface area contributed by atoms with Crippen molar-refractivity contribution < 1.29 is 4.79 Å². The quantitative estimate of drug-likeness (QED) is 0.856. The van der Waals surface area contributed by atoms with Gasteiger partial charge in [-0.25, -0.2) is 0 Å². The predicted molar refractivity (Wildman–Crippen MR) is 86.6 cm³/mol. The highest BCUT2D eigenvalue weighted by Gasteiger charge is 2.20. The second kappa shape index (κ2) is 6.52. The van der Waals surface area contributed by atoms with Crippen molar-refractivity contribution in [1.82, 2.24) is 14.8 Å². The van der Waals surface area contributed by atoms with E-state index in [1.807, 2.05) is 6.92 Å². The zero-order valence-electron chi connectivity index (χ0n) is 12.7. The second-order valence-corrected chi connectivity index (χ2v) is 6.76. The van der Waals surface area contributed by atoms with Crippen molar-refractivity contribution >= 4 is 17.7 Å². The van der Waals surface area contributed by atoms with Gasteiger partial charge in [-0.3, -0.25) is 9.36 Å². The summed E-state index contributed by atoms with van der Waals surface area (Å²) in [7, 11) is 0. The Morgan fingerprint density at radius 2 is 2.14 bits per heavy atom. The Kier molecular flexibility index (Phi) is 4.47. The Labute approximate surface area is 134 Å². The fourth-order valence-corrected chi connectivity index (χ4v) is 4.03. The molecule has 1 aromatic carbocycles. The Balaban J connectivity index is 1.63. The maximum absolute atomic E-state index is 11.2. The molecule has 0 fully saturated rings. The molecule has 0 radical (unpaired) electrons. The zero-order chi connectivity index (χ0) is 15.5. The van der Waals surface area contributed by atoms with Gasteiger partial charge in [0, 0.05) is 5.75 Å². The van der Waals surface area contributed by atoms with E-state index >= 15 is 0 Å². The summed E-state index contributed by atoms with van der Waals surface area (Å²) in [5.74, 6) is 2.00. The van der Waals surface area contributed by atoms with Gasteiger partial charge in [0.2, 0.25) is 5.91 Å². The van der Waals surface area contributed by atoms with E-state index in [1.54, 1.807) is 16.3 Å². The lowest BCUT2D eigenvalue weighted by Crippen LogP contribution is -2.20. The molecular weight excluding hydrogens is 296 g/mol. The first-order valence-electron chi connectivity index (χ1n) is 7.51. The van der Waals surface area contributed by atoms with Gasteiger partial charge in [0.1, 0.15) is 12.4 Å². The minimum absolute atomic E-state index is 0.147. The molecule has 2 aromatic rings. The van der Waals surface area contributed by atoms with Gasteiger partial charge < -0.3 is 5.73 Å². The molecule has 3 rings (SSSR count). The molecule has 1 amide bonds. The van der Waals surface area contributed by atoms with Gasteiger partial charge in [-0.05, 0) is 43.2 Å². The summed E-state index contributed by atoms with van der Waals surface area (Å²) in [5, 5.41) is 9.01. The van der Waals surface area contributed by atoms with Gasteiger partial charge in [-0.2, -0.15) is 0 Å². The molecule has 116 valence electrons. The van der Waals surface area contributed by atoms with E-state index < -0.39 is 0 Å². The molecule has 1 aliphatic rings. The van der Waals surface area contributed by atoms with E-state index in [4.69, 9.17) is 5.73 Å². The van der Waals surface area contributed by atoms with Crippen molar-refractivity contribution in [2.24, 2.45) is 11.7 Å². The summed E-state index contributed by atoms with van der Waals surface area (Å²) in [4.78, 5) is 11.2. The molecule has 1 aliphatic carbocycles. The number of aromatic nitrogens is 3. The van der Waals surface area contributed by atoms with E-state index in [9.17, 15) is 4.79 Å². The van der Waals surface area contributed by atoms with Crippen LogP contribution in [0.25, 0.3) is 0 Å². The monoisotopic (exact) mass is 316 g/mol. The van der Waals surface area contributed by atoms with Crippen LogP contribution in [0.5, 0.6) is 0 Å².